The fourth-order valence-corrected chi connectivity index (χ4v) is 8.87. The number of aliphatic hydroxyl groups excluding tert-OH is 2. The minimum absolute atomic E-state index is 0.0354. The summed E-state index contributed by atoms with van der Waals surface area (Å²) in [6, 6.07) is 0. The van der Waals surface area contributed by atoms with Gasteiger partial charge in [0.25, 0.3) is 0 Å². The van der Waals surface area contributed by atoms with Gasteiger partial charge in [-0.25, -0.2) is 28.4 Å². The van der Waals surface area contributed by atoms with Gasteiger partial charge in [-0.1, -0.05) is 13.8 Å². The minimum atomic E-state index is -5.51. The van der Waals surface area contributed by atoms with E-state index >= 15 is 0 Å². The zero-order chi connectivity index (χ0) is 38.4. The van der Waals surface area contributed by atoms with Crippen LogP contribution in [0.1, 0.15) is 33.4 Å². The number of hydrogen-bond donors (Lipinski definition) is 9. The van der Waals surface area contributed by atoms with Crippen molar-refractivity contribution in [1.29, 1.82) is 0 Å². The van der Waals surface area contributed by atoms with E-state index in [0.29, 0.717) is 0 Å². The van der Waals surface area contributed by atoms with Gasteiger partial charge in [0.1, 0.15) is 36.3 Å². The SMILES string of the molecule is CC(=O)OSCCNC(=O)CCNC(=O)C(O)C(C)(C)CP(=O)(O)OP(=O)(O)OCC1OC(n2cnc3c(N)ncnc32)[C@H](O)[C@@H]1OP(=O)(O)O. The number of nitrogens with two attached hydrogens (primary N) is 1. The van der Waals surface area contributed by atoms with Crippen LogP contribution in [0.4, 0.5) is 5.82 Å². The van der Waals surface area contributed by atoms with Crippen molar-refractivity contribution in [3.8, 4) is 0 Å². The number of nitrogen functional groups attached to an aromatic ring is 1. The summed E-state index contributed by atoms with van der Waals surface area (Å²) in [5.41, 5.74) is 4.12. The van der Waals surface area contributed by atoms with Crippen LogP contribution in [0.5, 0.6) is 0 Å². The summed E-state index contributed by atoms with van der Waals surface area (Å²) in [6.07, 6.45) is -8.05. The molecule has 0 aliphatic carbocycles. The summed E-state index contributed by atoms with van der Waals surface area (Å²) in [7, 11) is -16.0. The van der Waals surface area contributed by atoms with Crippen molar-refractivity contribution in [3.63, 3.8) is 0 Å². The predicted octanol–water partition coefficient (Wildman–Crippen LogP) is -1.32. The number of fused-ring (bicyclic) bond motifs is 1. The number of nitrogens with zero attached hydrogens (tertiary/aromatic N) is 4. The van der Waals surface area contributed by atoms with Crippen molar-refractivity contribution in [3.05, 3.63) is 12.7 Å². The Morgan fingerprint density at radius 1 is 1.12 bits per heavy atom. The van der Waals surface area contributed by atoms with Gasteiger partial charge in [0.2, 0.25) is 11.8 Å². The first-order chi connectivity index (χ1) is 23.5. The number of imidazole rings is 1. The van der Waals surface area contributed by atoms with Crippen molar-refractivity contribution in [2.24, 2.45) is 5.41 Å². The van der Waals surface area contributed by atoms with Gasteiger partial charge in [-0.2, -0.15) is 0 Å². The Kier molecular flexibility index (Phi) is 14.7. The van der Waals surface area contributed by atoms with Crippen molar-refractivity contribution < 1.29 is 80.1 Å². The van der Waals surface area contributed by atoms with E-state index in [9.17, 15) is 57.9 Å². The Hall–Kier alpha value is -2.60. The summed E-state index contributed by atoms with van der Waals surface area (Å²) < 4.78 is 62.6. The summed E-state index contributed by atoms with van der Waals surface area (Å²) >= 11 is 0.840. The Labute approximate surface area is 293 Å². The normalized spacial score (nSPS) is 22.5. The smallest absolute Gasteiger partial charge is 0.391 e. The van der Waals surface area contributed by atoms with Gasteiger partial charge >= 0.3 is 29.2 Å². The Balaban J connectivity index is 1.57. The highest BCUT2D eigenvalue weighted by Gasteiger charge is 2.50. The zero-order valence-corrected chi connectivity index (χ0v) is 30.6. The third-order valence-electron chi connectivity index (χ3n) is 6.79. The molecule has 7 atom stereocenters. The molecule has 28 heteroatoms. The third-order valence-corrected chi connectivity index (χ3v) is 11.6. The first kappa shape index (κ1) is 42.8. The molecule has 0 bridgehead atoms. The number of hydrogen-bond acceptors (Lipinski definition) is 18. The molecule has 10 N–H and O–H groups in total. The van der Waals surface area contributed by atoms with E-state index in [0.717, 1.165) is 29.3 Å². The van der Waals surface area contributed by atoms with E-state index in [2.05, 4.69) is 38.6 Å². The largest absolute Gasteiger partial charge is 0.479 e. The number of aliphatic hydroxyl groups is 2. The summed E-state index contributed by atoms with van der Waals surface area (Å²) in [5, 5.41) is 26.2. The maximum atomic E-state index is 12.9. The van der Waals surface area contributed by atoms with Crippen LogP contribution in [-0.2, 0) is 50.4 Å². The van der Waals surface area contributed by atoms with Gasteiger partial charge in [-0.15, -0.1) is 0 Å². The molecule has 3 rings (SSSR count). The molecule has 1 saturated heterocycles. The highest BCUT2D eigenvalue weighted by Crippen LogP contribution is 2.62. The number of carbonyl (C=O) groups excluding carboxylic acids is 3. The van der Waals surface area contributed by atoms with Gasteiger partial charge in [-0.3, -0.25) is 32.6 Å². The number of phosphoric acid groups is 2. The quantitative estimate of drug-likeness (QED) is 0.0451. The van der Waals surface area contributed by atoms with Crippen molar-refractivity contribution in [2.75, 3.05) is 37.3 Å². The van der Waals surface area contributed by atoms with Gasteiger partial charge in [0, 0.05) is 37.6 Å². The van der Waals surface area contributed by atoms with Crippen LogP contribution < -0.4 is 16.4 Å². The van der Waals surface area contributed by atoms with E-state index < -0.39 is 89.9 Å². The summed E-state index contributed by atoms with van der Waals surface area (Å²) in [5.74, 6) is -1.77. The van der Waals surface area contributed by atoms with E-state index in [-0.39, 0.29) is 42.2 Å². The molecule has 1 aliphatic rings. The van der Waals surface area contributed by atoms with Crippen LogP contribution >= 0.6 is 35.3 Å². The molecular weight excluding hydrogens is 771 g/mol. The second kappa shape index (κ2) is 17.5. The maximum Gasteiger partial charge on any atom is 0.479 e. The molecule has 2 aromatic heterocycles. The van der Waals surface area contributed by atoms with Crippen LogP contribution in [0.15, 0.2) is 12.7 Å². The van der Waals surface area contributed by atoms with Crippen LogP contribution in [0.3, 0.4) is 0 Å². The highest BCUT2D eigenvalue weighted by molar-refractivity contribution is 7.95. The number of anilines is 1. The standard InChI is InChI=1S/C23H38N7O17P3S/c1-12(31)46-51-7-6-25-14(32)4-5-26-21(35)18(34)23(2,3)9-48(36,37)47-50(41,42)43-8-13-17(45-49(38,39)40)16(33)22(44-13)30-11-29-15-19(24)27-10-28-20(15)30/h10-11,13,16-18,22,33-34H,4-9H2,1-3H3,(H,25,32)(H,26,35)(H,36,37)(H,41,42)(H2,24,27,28)(H2,38,39,40)/t13?,16-,17-,18?,22?/m1/s1. The van der Waals surface area contributed by atoms with E-state index in [1.807, 2.05) is 0 Å². The molecule has 1 aliphatic heterocycles. The topological polar surface area (TPSA) is 364 Å². The maximum absolute atomic E-state index is 12.9. The molecule has 0 radical (unpaired) electrons. The Morgan fingerprint density at radius 2 is 1.80 bits per heavy atom. The zero-order valence-electron chi connectivity index (χ0n) is 27.1. The lowest BCUT2D eigenvalue weighted by atomic mass is 9.88. The molecule has 5 unspecified atom stereocenters. The van der Waals surface area contributed by atoms with Crippen LogP contribution in [0.25, 0.3) is 11.2 Å². The Morgan fingerprint density at radius 3 is 2.45 bits per heavy atom. The number of rotatable bonds is 19. The fraction of sp³-hybridized carbons (Fsp3) is 0.652. The molecule has 0 saturated carbocycles. The average Bonchev–Trinajstić information content (AvgIpc) is 3.54. The fourth-order valence-electron chi connectivity index (χ4n) is 4.61. The van der Waals surface area contributed by atoms with E-state index in [4.69, 9.17) is 15.0 Å². The molecule has 51 heavy (non-hydrogen) atoms. The van der Waals surface area contributed by atoms with Crippen LogP contribution in [0, 0.1) is 5.41 Å². The first-order valence-corrected chi connectivity index (χ1v) is 20.3. The highest BCUT2D eigenvalue weighted by atomic mass is 32.2. The van der Waals surface area contributed by atoms with Gasteiger partial charge in [-0.05, 0) is 0 Å². The summed E-state index contributed by atoms with van der Waals surface area (Å²) in [4.78, 5) is 86.3. The van der Waals surface area contributed by atoms with Crippen molar-refractivity contribution in [2.45, 2.75) is 57.8 Å². The number of amides is 2. The lowest BCUT2D eigenvalue weighted by molar-refractivity contribution is -0.134. The Bertz CT molecular complexity index is 1710. The van der Waals surface area contributed by atoms with Crippen LogP contribution in [0.2, 0.25) is 0 Å². The molecular formula is C23H38N7O17P3S. The second-order valence-corrected chi connectivity index (χ2v) is 17.0. The van der Waals surface area contributed by atoms with Crippen molar-refractivity contribution >= 4 is 70.0 Å². The number of aromatic nitrogens is 4. The molecule has 0 spiro atoms. The second-order valence-electron chi connectivity index (χ2n) is 11.5. The summed E-state index contributed by atoms with van der Waals surface area (Å²) in [6.45, 7) is 2.41. The molecule has 2 aromatic rings. The van der Waals surface area contributed by atoms with Gasteiger partial charge in [0.15, 0.2) is 17.7 Å². The predicted molar refractivity (Wildman–Crippen MR) is 173 cm³/mol. The van der Waals surface area contributed by atoms with E-state index in [1.165, 1.54) is 20.8 Å². The van der Waals surface area contributed by atoms with E-state index in [1.54, 1.807) is 0 Å². The molecule has 288 valence electrons. The molecule has 1 fully saturated rings. The monoisotopic (exact) mass is 809 g/mol. The van der Waals surface area contributed by atoms with Crippen LogP contribution in [-0.4, -0.2) is 123 Å². The molecule has 3 heterocycles. The number of ether oxygens (including phenoxy) is 1. The average molecular weight is 810 g/mol. The number of phosphoric ester groups is 2. The van der Waals surface area contributed by atoms with Crippen molar-refractivity contribution in [1.82, 2.24) is 30.2 Å². The first-order valence-electron chi connectivity index (χ1n) is 14.6. The molecule has 24 nitrogen and oxygen atoms in total. The lowest BCUT2D eigenvalue weighted by Gasteiger charge is -2.31. The third kappa shape index (κ3) is 12.8. The molecule has 2 amide bonds. The number of carbonyl (C=O) groups is 3. The molecule has 0 aromatic carbocycles. The van der Waals surface area contributed by atoms with Gasteiger partial charge in [0.05, 0.1) is 31.1 Å². The lowest BCUT2D eigenvalue weighted by Crippen LogP contribution is -2.46. The minimum Gasteiger partial charge on any atom is -0.391 e. The number of nitrogens with one attached hydrogen (secondary N) is 2. The van der Waals surface area contributed by atoms with Gasteiger partial charge < -0.3 is 55.1 Å².